The smallest absolute Gasteiger partial charge is 0.305 e. The zero-order chi connectivity index (χ0) is 13.1. The van der Waals surface area contributed by atoms with E-state index in [-0.39, 0.29) is 6.42 Å². The molecule has 2 rings (SSSR count). The molecule has 4 nitrogen and oxygen atoms in total. The van der Waals surface area contributed by atoms with Gasteiger partial charge in [-0.05, 0) is 13.0 Å². The second kappa shape index (κ2) is 5.29. The van der Waals surface area contributed by atoms with Gasteiger partial charge in [0.1, 0.15) is 5.01 Å². The molecule has 0 aliphatic rings. The maximum absolute atomic E-state index is 10.6. The minimum absolute atomic E-state index is 0.100. The minimum Gasteiger partial charge on any atom is -0.481 e. The molecule has 2 aromatic rings. The van der Waals surface area contributed by atoms with Crippen LogP contribution in [0.2, 0.25) is 0 Å². The second-order valence-corrected chi connectivity index (χ2v) is 5.01. The predicted molar refractivity (Wildman–Crippen MR) is 71.5 cm³/mol. The van der Waals surface area contributed by atoms with Gasteiger partial charge in [-0.3, -0.25) is 4.79 Å². The number of aliphatic carboxylic acids is 1. The van der Waals surface area contributed by atoms with Crippen molar-refractivity contribution in [2.45, 2.75) is 19.4 Å². The number of carbonyl (C=O) groups is 1. The van der Waals surface area contributed by atoms with E-state index in [4.69, 9.17) is 10.8 Å². The van der Waals surface area contributed by atoms with Crippen LogP contribution >= 0.6 is 11.3 Å². The zero-order valence-electron chi connectivity index (χ0n) is 9.96. The summed E-state index contributed by atoms with van der Waals surface area (Å²) in [5.74, 6) is -0.910. The van der Waals surface area contributed by atoms with Gasteiger partial charge >= 0.3 is 5.97 Å². The van der Waals surface area contributed by atoms with Crippen molar-refractivity contribution < 1.29 is 9.90 Å². The van der Waals surface area contributed by atoms with E-state index in [1.807, 2.05) is 36.6 Å². The van der Waals surface area contributed by atoms with E-state index in [1.54, 1.807) is 0 Å². The lowest BCUT2D eigenvalue weighted by atomic mass is 10.1. The zero-order valence-corrected chi connectivity index (χ0v) is 10.8. The molecule has 0 bridgehead atoms. The number of rotatable bonds is 4. The van der Waals surface area contributed by atoms with Crippen molar-refractivity contribution >= 4 is 17.3 Å². The molecule has 1 heterocycles. The lowest BCUT2D eigenvalue weighted by Gasteiger charge is -2.04. The van der Waals surface area contributed by atoms with Crippen LogP contribution in [-0.2, 0) is 4.79 Å². The summed E-state index contributed by atoms with van der Waals surface area (Å²) in [5.41, 5.74) is 8.62. The molecule has 0 saturated heterocycles. The van der Waals surface area contributed by atoms with Crippen LogP contribution in [0.3, 0.4) is 0 Å². The Kier molecular flexibility index (Phi) is 3.74. The molecule has 5 heteroatoms. The molecular weight excluding hydrogens is 248 g/mol. The largest absolute Gasteiger partial charge is 0.481 e. The first-order chi connectivity index (χ1) is 8.56. The van der Waals surface area contributed by atoms with Gasteiger partial charge in [0.25, 0.3) is 0 Å². The standard InChI is InChI=1S/C13H14N2O2S/c1-8-3-2-4-9(5-8)13-15-11(7-18-13)10(14)6-12(16)17/h2-5,7,10H,6,14H2,1H3,(H,16,17). The van der Waals surface area contributed by atoms with Crippen LogP contribution in [0, 0.1) is 6.92 Å². The topological polar surface area (TPSA) is 76.2 Å². The van der Waals surface area contributed by atoms with E-state index in [0.29, 0.717) is 5.69 Å². The summed E-state index contributed by atoms with van der Waals surface area (Å²) < 4.78 is 0. The third-order valence-corrected chi connectivity index (χ3v) is 3.47. The summed E-state index contributed by atoms with van der Waals surface area (Å²) in [4.78, 5) is 15.0. The number of hydrogen-bond acceptors (Lipinski definition) is 4. The highest BCUT2D eigenvalue weighted by Crippen LogP contribution is 2.27. The summed E-state index contributed by atoms with van der Waals surface area (Å²) in [5, 5.41) is 11.4. The molecule has 0 radical (unpaired) electrons. The molecule has 3 N–H and O–H groups in total. The lowest BCUT2D eigenvalue weighted by Crippen LogP contribution is -2.15. The molecule has 18 heavy (non-hydrogen) atoms. The van der Waals surface area contributed by atoms with E-state index in [1.165, 1.54) is 16.9 Å². The Labute approximate surface area is 109 Å². The predicted octanol–water partition coefficient (Wildman–Crippen LogP) is 2.59. The number of aryl methyl sites for hydroxylation is 1. The van der Waals surface area contributed by atoms with Crippen LogP contribution in [0.25, 0.3) is 10.6 Å². The highest BCUT2D eigenvalue weighted by Gasteiger charge is 2.14. The Morgan fingerprint density at radius 2 is 2.33 bits per heavy atom. The van der Waals surface area contributed by atoms with Gasteiger partial charge in [-0.25, -0.2) is 4.98 Å². The number of carboxylic acid groups (broad SMARTS) is 1. The number of hydrogen-bond donors (Lipinski definition) is 2. The monoisotopic (exact) mass is 262 g/mol. The van der Waals surface area contributed by atoms with Gasteiger partial charge in [0.2, 0.25) is 0 Å². The van der Waals surface area contributed by atoms with E-state index in [9.17, 15) is 4.79 Å². The first kappa shape index (κ1) is 12.7. The SMILES string of the molecule is Cc1cccc(-c2nc(C(N)CC(=O)O)cs2)c1. The van der Waals surface area contributed by atoms with Crippen LogP contribution in [0.1, 0.15) is 23.7 Å². The number of benzene rings is 1. The number of carboxylic acids is 1. The molecule has 1 aromatic heterocycles. The van der Waals surface area contributed by atoms with E-state index in [0.717, 1.165) is 10.6 Å². The van der Waals surface area contributed by atoms with E-state index in [2.05, 4.69) is 4.98 Å². The Balaban J connectivity index is 2.22. The Hall–Kier alpha value is -1.72. The molecule has 1 aromatic carbocycles. The molecule has 94 valence electrons. The van der Waals surface area contributed by atoms with E-state index < -0.39 is 12.0 Å². The average Bonchev–Trinajstić information content (AvgIpc) is 2.77. The van der Waals surface area contributed by atoms with Crippen molar-refractivity contribution in [1.29, 1.82) is 0 Å². The van der Waals surface area contributed by atoms with E-state index >= 15 is 0 Å². The highest BCUT2D eigenvalue weighted by molar-refractivity contribution is 7.13. The Morgan fingerprint density at radius 3 is 3.00 bits per heavy atom. The molecular formula is C13H14N2O2S. The van der Waals surface area contributed by atoms with Gasteiger partial charge in [-0.2, -0.15) is 0 Å². The first-order valence-corrected chi connectivity index (χ1v) is 6.44. The fourth-order valence-electron chi connectivity index (χ4n) is 1.66. The van der Waals surface area contributed by atoms with Gasteiger partial charge in [-0.15, -0.1) is 11.3 Å². The normalized spacial score (nSPS) is 12.3. The summed E-state index contributed by atoms with van der Waals surface area (Å²) in [7, 11) is 0. The average molecular weight is 262 g/mol. The third-order valence-electron chi connectivity index (χ3n) is 2.56. The van der Waals surface area contributed by atoms with Crippen molar-refractivity contribution in [3.8, 4) is 10.6 Å². The van der Waals surface area contributed by atoms with Crippen LogP contribution in [0.15, 0.2) is 29.6 Å². The number of nitrogens with zero attached hydrogens (tertiary/aromatic N) is 1. The van der Waals surface area contributed by atoms with Crippen LogP contribution in [-0.4, -0.2) is 16.1 Å². The molecule has 0 aliphatic heterocycles. The molecule has 1 atom stereocenters. The van der Waals surface area contributed by atoms with Crippen LogP contribution in [0.5, 0.6) is 0 Å². The number of thiazole rings is 1. The van der Waals surface area contributed by atoms with Crippen molar-refractivity contribution in [2.75, 3.05) is 0 Å². The van der Waals surface area contributed by atoms with Gasteiger partial charge in [0.05, 0.1) is 18.2 Å². The van der Waals surface area contributed by atoms with Gasteiger partial charge in [0.15, 0.2) is 0 Å². The van der Waals surface area contributed by atoms with Crippen molar-refractivity contribution in [3.05, 3.63) is 40.9 Å². The Bertz CT molecular complexity index is 566. The highest BCUT2D eigenvalue weighted by atomic mass is 32.1. The van der Waals surface area contributed by atoms with Crippen molar-refractivity contribution in [1.82, 2.24) is 4.98 Å². The molecule has 0 spiro atoms. The van der Waals surface area contributed by atoms with Gasteiger partial charge in [0, 0.05) is 10.9 Å². The first-order valence-electron chi connectivity index (χ1n) is 5.56. The number of nitrogens with two attached hydrogens (primary N) is 1. The van der Waals surface area contributed by atoms with Gasteiger partial charge < -0.3 is 10.8 Å². The maximum atomic E-state index is 10.6. The maximum Gasteiger partial charge on any atom is 0.305 e. The van der Waals surface area contributed by atoms with Gasteiger partial charge in [-0.1, -0.05) is 23.8 Å². The summed E-state index contributed by atoms with van der Waals surface area (Å²) in [6.07, 6.45) is -0.100. The molecule has 0 fully saturated rings. The fourth-order valence-corrected chi connectivity index (χ4v) is 2.54. The fraction of sp³-hybridized carbons (Fsp3) is 0.231. The molecule has 0 saturated carbocycles. The van der Waals surface area contributed by atoms with Crippen molar-refractivity contribution in [2.24, 2.45) is 5.73 Å². The summed E-state index contributed by atoms with van der Waals surface area (Å²) in [6.45, 7) is 2.02. The van der Waals surface area contributed by atoms with Crippen LogP contribution < -0.4 is 5.73 Å². The van der Waals surface area contributed by atoms with Crippen LogP contribution in [0.4, 0.5) is 0 Å². The number of aromatic nitrogens is 1. The molecule has 1 unspecified atom stereocenters. The summed E-state index contributed by atoms with van der Waals surface area (Å²) >= 11 is 1.48. The second-order valence-electron chi connectivity index (χ2n) is 4.15. The molecule has 0 aliphatic carbocycles. The minimum atomic E-state index is -0.910. The lowest BCUT2D eigenvalue weighted by molar-refractivity contribution is -0.137. The van der Waals surface area contributed by atoms with Crippen molar-refractivity contribution in [3.63, 3.8) is 0 Å². The summed E-state index contributed by atoms with van der Waals surface area (Å²) in [6, 6.07) is 7.48. The third kappa shape index (κ3) is 2.94. The Morgan fingerprint density at radius 1 is 1.56 bits per heavy atom. The quantitative estimate of drug-likeness (QED) is 0.888. The molecule has 0 amide bonds.